The zero-order valence-corrected chi connectivity index (χ0v) is 18.4. The zero-order valence-electron chi connectivity index (χ0n) is 17.6. The van der Waals surface area contributed by atoms with Crippen molar-refractivity contribution in [2.45, 2.75) is 31.8 Å². The van der Waals surface area contributed by atoms with E-state index < -0.39 is 27.8 Å². The number of fused-ring (bicyclic) bond motifs is 2. The Bertz CT molecular complexity index is 1360. The smallest absolute Gasteiger partial charge is 0.291 e. The summed E-state index contributed by atoms with van der Waals surface area (Å²) >= 11 is 0. The summed E-state index contributed by atoms with van der Waals surface area (Å²) in [6.45, 7) is 2.61. The van der Waals surface area contributed by atoms with E-state index in [0.29, 0.717) is 35.3 Å². The minimum Gasteiger partial charge on any atom is -0.494 e. The van der Waals surface area contributed by atoms with E-state index in [4.69, 9.17) is 9.15 Å². The fourth-order valence-electron chi connectivity index (χ4n) is 4.60. The van der Waals surface area contributed by atoms with Gasteiger partial charge in [0.25, 0.3) is 5.91 Å². The first-order chi connectivity index (χ1) is 15.4. The van der Waals surface area contributed by atoms with Crippen molar-refractivity contribution in [3.8, 4) is 5.75 Å². The molecular formula is C24H23NO6S. The molecule has 5 rings (SSSR count). The summed E-state index contributed by atoms with van der Waals surface area (Å²) in [6, 6.07) is 12.8. The fourth-order valence-corrected chi connectivity index (χ4v) is 6.31. The number of rotatable bonds is 5. The molecule has 1 aromatic heterocycles. The van der Waals surface area contributed by atoms with Crippen molar-refractivity contribution in [2.24, 2.45) is 0 Å². The minimum absolute atomic E-state index is 0.00527. The van der Waals surface area contributed by atoms with Crippen molar-refractivity contribution in [1.29, 1.82) is 0 Å². The Morgan fingerprint density at radius 1 is 1.09 bits per heavy atom. The van der Waals surface area contributed by atoms with Gasteiger partial charge in [0.2, 0.25) is 5.76 Å². The molecule has 1 fully saturated rings. The fraction of sp³-hybridized carbons (Fsp3) is 0.333. The molecule has 0 bridgehead atoms. The molecule has 3 heterocycles. The monoisotopic (exact) mass is 453 g/mol. The Morgan fingerprint density at radius 3 is 2.53 bits per heavy atom. The SMILES string of the molecule is CCCOc1ccc([C@H]2c3c(oc4ccccc4c3=O)C(=O)N2[C@H]2CCS(=O)(=O)C2)cc1. The van der Waals surface area contributed by atoms with E-state index in [1.807, 2.05) is 19.1 Å². The summed E-state index contributed by atoms with van der Waals surface area (Å²) in [5.41, 5.74) is 1.05. The van der Waals surface area contributed by atoms with Crippen molar-refractivity contribution < 1.29 is 22.4 Å². The molecule has 2 aliphatic rings. The first-order valence-corrected chi connectivity index (χ1v) is 12.5. The van der Waals surface area contributed by atoms with Crippen LogP contribution >= 0.6 is 0 Å². The highest BCUT2D eigenvalue weighted by Crippen LogP contribution is 2.41. The highest BCUT2D eigenvalue weighted by atomic mass is 32.2. The second-order valence-corrected chi connectivity index (χ2v) is 10.5. The van der Waals surface area contributed by atoms with Gasteiger partial charge in [-0.1, -0.05) is 31.2 Å². The molecule has 7 nitrogen and oxygen atoms in total. The topological polar surface area (TPSA) is 93.9 Å². The van der Waals surface area contributed by atoms with Crippen molar-refractivity contribution >= 4 is 26.7 Å². The van der Waals surface area contributed by atoms with E-state index in [2.05, 4.69) is 0 Å². The number of benzene rings is 2. The predicted molar refractivity (Wildman–Crippen MR) is 120 cm³/mol. The Kier molecular flexibility index (Phi) is 5.04. The number of sulfone groups is 1. The quantitative estimate of drug-likeness (QED) is 0.588. The van der Waals surface area contributed by atoms with Gasteiger partial charge < -0.3 is 14.1 Å². The van der Waals surface area contributed by atoms with Gasteiger partial charge in [-0.3, -0.25) is 9.59 Å². The van der Waals surface area contributed by atoms with Gasteiger partial charge in [0.05, 0.1) is 35.1 Å². The second kappa shape index (κ2) is 7.78. The molecule has 1 amide bonds. The maximum Gasteiger partial charge on any atom is 0.291 e. The number of carbonyl (C=O) groups excluding carboxylic acids is 1. The molecule has 0 unspecified atom stereocenters. The van der Waals surface area contributed by atoms with Crippen LogP contribution in [0.3, 0.4) is 0 Å². The standard InChI is InChI=1S/C24H23NO6S/c1-2-12-30-17-9-7-15(8-10-17)21-20-22(26)18-5-3-4-6-19(18)31-23(20)24(27)25(21)16-11-13-32(28,29)14-16/h3-10,16,21H,2,11-14H2,1H3/t16-,21-/m0/s1. The number of para-hydroxylation sites is 1. The summed E-state index contributed by atoms with van der Waals surface area (Å²) in [6.07, 6.45) is 1.22. The van der Waals surface area contributed by atoms with Gasteiger partial charge in [0.15, 0.2) is 15.3 Å². The van der Waals surface area contributed by atoms with E-state index in [1.165, 1.54) is 4.90 Å². The van der Waals surface area contributed by atoms with Gasteiger partial charge in [-0.2, -0.15) is 0 Å². The summed E-state index contributed by atoms with van der Waals surface area (Å²) < 4.78 is 35.9. The average molecular weight is 454 g/mol. The normalized spacial score (nSPS) is 21.8. The molecule has 0 saturated carbocycles. The lowest BCUT2D eigenvalue weighted by Crippen LogP contribution is -2.40. The molecule has 2 aromatic carbocycles. The van der Waals surface area contributed by atoms with E-state index in [-0.39, 0.29) is 28.3 Å². The zero-order chi connectivity index (χ0) is 22.5. The number of carbonyl (C=O) groups is 1. The van der Waals surface area contributed by atoms with Crippen molar-refractivity contribution in [3.05, 3.63) is 75.6 Å². The molecule has 0 aliphatic carbocycles. The van der Waals surface area contributed by atoms with Gasteiger partial charge in [0, 0.05) is 6.04 Å². The molecule has 0 N–H and O–H groups in total. The number of hydrogen-bond acceptors (Lipinski definition) is 6. The minimum atomic E-state index is -3.24. The van der Waals surface area contributed by atoms with E-state index in [1.54, 1.807) is 36.4 Å². The number of hydrogen-bond donors (Lipinski definition) is 0. The first-order valence-electron chi connectivity index (χ1n) is 10.7. The second-order valence-electron chi connectivity index (χ2n) is 8.26. The van der Waals surface area contributed by atoms with E-state index >= 15 is 0 Å². The third kappa shape index (κ3) is 3.39. The van der Waals surface area contributed by atoms with E-state index in [9.17, 15) is 18.0 Å². The van der Waals surface area contributed by atoms with Crippen molar-refractivity contribution in [1.82, 2.24) is 4.90 Å². The largest absolute Gasteiger partial charge is 0.494 e. The van der Waals surface area contributed by atoms with Crippen LogP contribution in [-0.4, -0.2) is 43.4 Å². The van der Waals surface area contributed by atoms with E-state index in [0.717, 1.165) is 6.42 Å². The lowest BCUT2D eigenvalue weighted by Gasteiger charge is -2.30. The predicted octanol–water partition coefficient (Wildman–Crippen LogP) is 3.31. The van der Waals surface area contributed by atoms with Crippen molar-refractivity contribution in [2.75, 3.05) is 18.1 Å². The van der Waals surface area contributed by atoms with Gasteiger partial charge in [0.1, 0.15) is 11.3 Å². The summed E-state index contributed by atoms with van der Waals surface area (Å²) in [5, 5.41) is 0.396. The van der Waals surface area contributed by atoms with Crippen LogP contribution in [0.4, 0.5) is 0 Å². The van der Waals surface area contributed by atoms with Crippen molar-refractivity contribution in [3.63, 3.8) is 0 Å². The van der Waals surface area contributed by atoms with Crippen LogP contribution in [0.15, 0.2) is 57.7 Å². The maximum absolute atomic E-state index is 13.5. The van der Waals surface area contributed by atoms with Gasteiger partial charge in [-0.05, 0) is 42.7 Å². The lowest BCUT2D eigenvalue weighted by molar-refractivity contribution is 0.0662. The molecule has 0 spiro atoms. The van der Waals surface area contributed by atoms with Crippen LogP contribution in [-0.2, 0) is 9.84 Å². The van der Waals surface area contributed by atoms with Gasteiger partial charge in [-0.15, -0.1) is 0 Å². The molecular weight excluding hydrogens is 430 g/mol. The Hall–Kier alpha value is -3.13. The van der Waals surface area contributed by atoms with Crippen LogP contribution in [0, 0.1) is 0 Å². The van der Waals surface area contributed by atoms with Crippen LogP contribution in [0.2, 0.25) is 0 Å². The maximum atomic E-state index is 13.5. The highest BCUT2D eigenvalue weighted by molar-refractivity contribution is 7.91. The molecule has 8 heteroatoms. The van der Waals surface area contributed by atoms with Crippen LogP contribution in [0.1, 0.15) is 47.5 Å². The van der Waals surface area contributed by atoms with Gasteiger partial charge in [-0.25, -0.2) is 8.42 Å². The average Bonchev–Trinajstić information content (AvgIpc) is 3.29. The molecule has 2 atom stereocenters. The van der Waals surface area contributed by atoms with Crippen LogP contribution in [0.5, 0.6) is 5.75 Å². The van der Waals surface area contributed by atoms with Crippen LogP contribution in [0.25, 0.3) is 11.0 Å². The first kappa shape index (κ1) is 20.8. The lowest BCUT2D eigenvalue weighted by atomic mass is 9.97. The number of ether oxygens (including phenoxy) is 1. The number of nitrogens with zero attached hydrogens (tertiary/aromatic N) is 1. The Labute approximate surface area is 185 Å². The molecule has 166 valence electrons. The third-order valence-corrected chi connectivity index (χ3v) is 7.83. The number of amides is 1. The van der Waals surface area contributed by atoms with Crippen LogP contribution < -0.4 is 10.2 Å². The third-order valence-electron chi connectivity index (χ3n) is 6.08. The molecule has 3 aromatic rings. The molecule has 0 radical (unpaired) electrons. The summed E-state index contributed by atoms with van der Waals surface area (Å²) in [7, 11) is -3.24. The molecule has 2 aliphatic heterocycles. The molecule has 32 heavy (non-hydrogen) atoms. The Balaban J connectivity index is 1.66. The summed E-state index contributed by atoms with van der Waals surface area (Å²) in [4.78, 5) is 28.4. The Morgan fingerprint density at radius 2 is 1.84 bits per heavy atom. The highest BCUT2D eigenvalue weighted by Gasteiger charge is 2.48. The van der Waals surface area contributed by atoms with Gasteiger partial charge >= 0.3 is 0 Å². The molecule has 1 saturated heterocycles. The summed E-state index contributed by atoms with van der Waals surface area (Å²) in [5.74, 6) is 0.156.